The zero-order valence-corrected chi connectivity index (χ0v) is 17.4. The normalized spacial score (nSPS) is 10.9. The van der Waals surface area contributed by atoms with Crippen molar-refractivity contribution < 1.29 is 9.47 Å². The van der Waals surface area contributed by atoms with Gasteiger partial charge < -0.3 is 15.2 Å². The number of nitrogens with two attached hydrogens (primary N) is 1. The number of halogens is 1. The maximum atomic E-state index is 6.33. The lowest BCUT2D eigenvalue weighted by Crippen LogP contribution is -2.04. The van der Waals surface area contributed by atoms with Crippen LogP contribution >= 0.6 is 22.9 Å². The van der Waals surface area contributed by atoms with Crippen LogP contribution in [0.5, 0.6) is 11.5 Å². The minimum absolute atomic E-state index is 0.359. The van der Waals surface area contributed by atoms with Gasteiger partial charge in [0.1, 0.15) is 22.2 Å². The lowest BCUT2D eigenvalue weighted by molar-refractivity contribution is 0.340. The van der Waals surface area contributed by atoms with E-state index in [0.29, 0.717) is 39.6 Å². The Morgan fingerprint density at radius 3 is 2.69 bits per heavy atom. The molecular weight excluding hydrogens is 410 g/mol. The molecule has 0 aliphatic heterocycles. The number of rotatable bonds is 6. The molecule has 2 aromatic carbocycles. The second kappa shape index (κ2) is 8.10. The Kier molecular flexibility index (Phi) is 5.37. The Morgan fingerprint density at radius 1 is 1.17 bits per heavy atom. The summed E-state index contributed by atoms with van der Waals surface area (Å²) in [5.41, 5.74) is 9.27. The van der Waals surface area contributed by atoms with Crippen LogP contribution in [0, 0.1) is 0 Å². The summed E-state index contributed by atoms with van der Waals surface area (Å²) in [6.45, 7) is 2.59. The number of thiazole rings is 1. The minimum atomic E-state index is 0.359. The highest BCUT2D eigenvalue weighted by molar-refractivity contribution is 7.13. The molecule has 2 N–H and O–H groups in total. The van der Waals surface area contributed by atoms with Crippen LogP contribution in [-0.2, 0) is 0 Å². The Labute approximate surface area is 176 Å². The van der Waals surface area contributed by atoms with Crippen molar-refractivity contribution in [2.24, 2.45) is 0 Å². The van der Waals surface area contributed by atoms with E-state index in [-0.39, 0.29) is 0 Å². The largest absolute Gasteiger partial charge is 0.494 e. The van der Waals surface area contributed by atoms with E-state index in [1.807, 2.05) is 36.6 Å². The molecular formula is C20H18ClN5O2S. The smallest absolute Gasteiger partial charge is 0.165 e. The molecule has 0 radical (unpaired) electrons. The van der Waals surface area contributed by atoms with E-state index in [1.165, 1.54) is 16.0 Å². The molecule has 0 fully saturated rings. The van der Waals surface area contributed by atoms with Crippen LogP contribution in [0.25, 0.3) is 27.6 Å². The molecule has 2 heterocycles. The van der Waals surface area contributed by atoms with Gasteiger partial charge in [-0.25, -0.2) is 4.98 Å². The predicted octanol–water partition coefficient (Wildman–Crippen LogP) is 4.70. The number of nitrogens with zero attached hydrogens (tertiary/aromatic N) is 4. The minimum Gasteiger partial charge on any atom is -0.494 e. The summed E-state index contributed by atoms with van der Waals surface area (Å²) >= 11 is 7.58. The van der Waals surface area contributed by atoms with E-state index in [9.17, 15) is 0 Å². The van der Waals surface area contributed by atoms with Gasteiger partial charge in [0.2, 0.25) is 0 Å². The topological polar surface area (TPSA) is 88.1 Å². The molecule has 29 heavy (non-hydrogen) atoms. The van der Waals surface area contributed by atoms with E-state index in [4.69, 9.17) is 26.8 Å². The van der Waals surface area contributed by atoms with E-state index in [2.05, 4.69) is 15.3 Å². The first-order valence-electron chi connectivity index (χ1n) is 8.85. The van der Waals surface area contributed by atoms with Crippen molar-refractivity contribution >= 4 is 28.8 Å². The van der Waals surface area contributed by atoms with Gasteiger partial charge >= 0.3 is 0 Å². The zero-order valence-electron chi connectivity index (χ0n) is 15.8. The molecule has 0 aliphatic carbocycles. The number of hydrogen-bond donors (Lipinski definition) is 1. The number of hydrogen-bond acceptors (Lipinski definition) is 7. The van der Waals surface area contributed by atoms with Crippen LogP contribution in [0.2, 0.25) is 5.02 Å². The van der Waals surface area contributed by atoms with E-state index >= 15 is 0 Å². The second-order valence-electron chi connectivity index (χ2n) is 6.05. The summed E-state index contributed by atoms with van der Waals surface area (Å²) in [6.07, 6.45) is 0. The van der Waals surface area contributed by atoms with Crippen molar-refractivity contribution in [1.29, 1.82) is 0 Å². The van der Waals surface area contributed by atoms with E-state index in [1.54, 1.807) is 25.3 Å². The Balaban J connectivity index is 1.67. The number of anilines is 1. The van der Waals surface area contributed by atoms with Gasteiger partial charge in [-0.15, -0.1) is 16.4 Å². The summed E-state index contributed by atoms with van der Waals surface area (Å²) in [7, 11) is 1.57. The summed E-state index contributed by atoms with van der Waals surface area (Å²) in [5.74, 6) is 1.78. The van der Waals surface area contributed by atoms with Crippen LogP contribution in [0.15, 0.2) is 47.8 Å². The average molecular weight is 428 g/mol. The van der Waals surface area contributed by atoms with Crippen molar-refractivity contribution in [3.63, 3.8) is 0 Å². The molecule has 0 saturated heterocycles. The van der Waals surface area contributed by atoms with Crippen molar-refractivity contribution in [2.45, 2.75) is 6.92 Å². The highest BCUT2D eigenvalue weighted by Crippen LogP contribution is 2.34. The third-order valence-corrected chi connectivity index (χ3v) is 5.33. The maximum Gasteiger partial charge on any atom is 0.165 e. The first-order valence-corrected chi connectivity index (χ1v) is 10.1. The highest BCUT2D eigenvalue weighted by Gasteiger charge is 2.19. The Morgan fingerprint density at radius 2 is 1.97 bits per heavy atom. The summed E-state index contributed by atoms with van der Waals surface area (Å²) in [4.78, 5) is 4.68. The van der Waals surface area contributed by atoms with Gasteiger partial charge in [0.05, 0.1) is 19.4 Å². The Bertz CT molecular complexity index is 1140. The van der Waals surface area contributed by atoms with Crippen LogP contribution < -0.4 is 15.2 Å². The number of ether oxygens (including phenoxy) is 2. The number of methoxy groups -OCH3 is 1. The van der Waals surface area contributed by atoms with Crippen LogP contribution in [0.3, 0.4) is 0 Å². The standard InChI is InChI=1S/C20H18ClN5O2S/c1-3-28-14-7-4-12(5-8-14)15-11-29-20(23-15)18-19(22)26(25-24-18)16-10-13(21)6-9-17(16)27-2/h4-11H,3,22H2,1-2H3. The van der Waals surface area contributed by atoms with Gasteiger partial charge in [-0.2, -0.15) is 4.68 Å². The SMILES string of the molecule is CCOc1ccc(-c2csc(-c3nnn(-c4cc(Cl)ccc4OC)c3N)n2)cc1. The maximum absolute atomic E-state index is 6.33. The van der Waals surface area contributed by atoms with Gasteiger partial charge in [-0.05, 0) is 49.4 Å². The Hall–Kier alpha value is -3.10. The fraction of sp³-hybridized carbons (Fsp3) is 0.150. The lowest BCUT2D eigenvalue weighted by atomic mass is 10.2. The average Bonchev–Trinajstić information content (AvgIpc) is 3.35. The van der Waals surface area contributed by atoms with E-state index in [0.717, 1.165) is 17.0 Å². The molecule has 148 valence electrons. The second-order valence-corrected chi connectivity index (χ2v) is 7.34. The van der Waals surface area contributed by atoms with Gasteiger partial charge in [0.25, 0.3) is 0 Å². The molecule has 7 nitrogen and oxygen atoms in total. The predicted molar refractivity (Wildman–Crippen MR) is 115 cm³/mol. The van der Waals surface area contributed by atoms with E-state index < -0.39 is 0 Å². The monoisotopic (exact) mass is 427 g/mol. The number of benzene rings is 2. The number of aromatic nitrogens is 4. The highest BCUT2D eigenvalue weighted by atomic mass is 35.5. The molecule has 9 heteroatoms. The lowest BCUT2D eigenvalue weighted by Gasteiger charge is -2.09. The third-order valence-electron chi connectivity index (χ3n) is 4.24. The molecule has 0 spiro atoms. The number of nitrogen functional groups attached to an aromatic ring is 1. The van der Waals surface area contributed by atoms with Gasteiger partial charge in [-0.3, -0.25) is 0 Å². The molecule has 4 aromatic rings. The van der Waals surface area contributed by atoms with Crippen molar-refractivity contribution in [3.8, 4) is 39.1 Å². The molecule has 0 saturated carbocycles. The molecule has 4 rings (SSSR count). The summed E-state index contributed by atoms with van der Waals surface area (Å²) < 4.78 is 12.4. The van der Waals surface area contributed by atoms with Gasteiger partial charge in [-0.1, -0.05) is 16.8 Å². The fourth-order valence-corrected chi connectivity index (χ4v) is 3.84. The van der Waals surface area contributed by atoms with Crippen LogP contribution in [0.1, 0.15) is 6.92 Å². The zero-order chi connectivity index (χ0) is 20.4. The van der Waals surface area contributed by atoms with Crippen LogP contribution in [0.4, 0.5) is 5.82 Å². The third kappa shape index (κ3) is 3.76. The molecule has 0 unspecified atom stereocenters. The van der Waals surface area contributed by atoms with Gasteiger partial charge in [0, 0.05) is 16.0 Å². The van der Waals surface area contributed by atoms with Gasteiger partial charge in [0.15, 0.2) is 11.5 Å². The summed E-state index contributed by atoms with van der Waals surface area (Å²) in [6, 6.07) is 13.0. The molecule has 0 atom stereocenters. The molecule has 0 aliphatic rings. The van der Waals surface area contributed by atoms with Crippen molar-refractivity contribution in [3.05, 3.63) is 52.9 Å². The molecule has 0 amide bonds. The quantitative estimate of drug-likeness (QED) is 0.479. The van der Waals surface area contributed by atoms with Crippen molar-refractivity contribution in [2.75, 3.05) is 19.5 Å². The molecule has 0 bridgehead atoms. The fourth-order valence-electron chi connectivity index (χ4n) is 2.85. The van der Waals surface area contributed by atoms with Crippen molar-refractivity contribution in [1.82, 2.24) is 20.0 Å². The summed E-state index contributed by atoms with van der Waals surface area (Å²) in [5, 5.41) is 11.6. The first kappa shape index (κ1) is 19.2. The van der Waals surface area contributed by atoms with Crippen LogP contribution in [-0.4, -0.2) is 33.7 Å². The first-order chi connectivity index (χ1) is 14.1. The molecule has 2 aromatic heterocycles.